The van der Waals surface area contributed by atoms with E-state index in [9.17, 15) is 14.9 Å². The molecule has 1 aromatic carbocycles. The van der Waals surface area contributed by atoms with Crippen molar-refractivity contribution >= 4 is 5.97 Å². The molecule has 0 bridgehead atoms. The number of carbonyl (C=O) groups is 1. The number of carboxylic acids is 1. The Hall–Kier alpha value is -1.91. The van der Waals surface area contributed by atoms with Crippen molar-refractivity contribution in [1.82, 2.24) is 0 Å². The van der Waals surface area contributed by atoms with E-state index in [0.717, 1.165) is 0 Å². The van der Waals surface area contributed by atoms with E-state index in [4.69, 9.17) is 5.11 Å². The third-order valence-corrected chi connectivity index (χ3v) is 3.00. The zero-order valence-corrected chi connectivity index (χ0v) is 9.63. The van der Waals surface area contributed by atoms with Crippen LogP contribution in [-0.4, -0.2) is 16.0 Å². The van der Waals surface area contributed by atoms with Gasteiger partial charge in [0.1, 0.15) is 0 Å². The average Bonchev–Trinajstić information content (AvgIpc) is 2.31. The van der Waals surface area contributed by atoms with Crippen LogP contribution in [-0.2, 0) is 10.3 Å². The summed E-state index contributed by atoms with van der Waals surface area (Å²) in [6.45, 7) is 1.71. The summed E-state index contributed by atoms with van der Waals surface area (Å²) < 4.78 is 0. The fourth-order valence-electron chi connectivity index (χ4n) is 1.91. The van der Waals surface area contributed by atoms with Gasteiger partial charge < -0.3 is 5.11 Å². The number of rotatable bonds is 6. The second kappa shape index (κ2) is 5.43. The van der Waals surface area contributed by atoms with E-state index < -0.39 is 11.5 Å². The Morgan fingerprint density at radius 1 is 1.41 bits per heavy atom. The van der Waals surface area contributed by atoms with Crippen LogP contribution >= 0.6 is 0 Å². The van der Waals surface area contributed by atoms with Crippen molar-refractivity contribution in [3.05, 3.63) is 46.0 Å². The highest BCUT2D eigenvalue weighted by Gasteiger charge is 2.42. The molecule has 0 saturated heterocycles. The van der Waals surface area contributed by atoms with Gasteiger partial charge in [0.2, 0.25) is 5.54 Å². The van der Waals surface area contributed by atoms with Crippen LogP contribution in [0.2, 0.25) is 0 Å². The molecule has 0 aliphatic carbocycles. The molecule has 0 saturated carbocycles. The lowest BCUT2D eigenvalue weighted by atomic mass is 9.83. The normalized spacial score (nSPS) is 13.9. The first kappa shape index (κ1) is 13.2. The van der Waals surface area contributed by atoms with Crippen LogP contribution in [0.4, 0.5) is 0 Å². The molecule has 17 heavy (non-hydrogen) atoms. The Morgan fingerprint density at radius 3 is 2.41 bits per heavy atom. The van der Waals surface area contributed by atoms with Crippen molar-refractivity contribution in [1.29, 1.82) is 0 Å². The van der Waals surface area contributed by atoms with Gasteiger partial charge in [-0.2, -0.15) is 0 Å². The number of benzene rings is 1. The van der Waals surface area contributed by atoms with Gasteiger partial charge in [-0.1, -0.05) is 37.3 Å². The Labute approximate surface area is 99.2 Å². The minimum atomic E-state index is -1.29. The second-order valence-corrected chi connectivity index (χ2v) is 3.90. The Kier molecular flexibility index (Phi) is 4.20. The second-order valence-electron chi connectivity index (χ2n) is 3.90. The molecule has 5 nitrogen and oxygen atoms in total. The van der Waals surface area contributed by atoms with Crippen LogP contribution < -0.4 is 0 Å². The summed E-state index contributed by atoms with van der Waals surface area (Å²) in [5.74, 6) is -1.01. The fraction of sp³-hybridized carbons (Fsp3) is 0.417. The third kappa shape index (κ3) is 2.81. The highest BCUT2D eigenvalue weighted by Crippen LogP contribution is 2.33. The van der Waals surface area contributed by atoms with E-state index in [2.05, 4.69) is 0 Å². The minimum absolute atomic E-state index is 0.00977. The fourth-order valence-corrected chi connectivity index (χ4v) is 1.91. The predicted octanol–water partition coefficient (Wildman–Crippen LogP) is 2.43. The third-order valence-electron chi connectivity index (χ3n) is 3.00. The van der Waals surface area contributed by atoms with Crippen LogP contribution in [0.5, 0.6) is 0 Å². The molecule has 0 aromatic heterocycles. The summed E-state index contributed by atoms with van der Waals surface area (Å²) in [6.07, 6.45) is 0.0802. The molecule has 1 rings (SSSR count). The van der Waals surface area contributed by atoms with Gasteiger partial charge in [-0.05, 0) is 0 Å². The predicted molar refractivity (Wildman–Crippen MR) is 62.3 cm³/mol. The zero-order chi connectivity index (χ0) is 12.9. The van der Waals surface area contributed by atoms with Crippen molar-refractivity contribution in [3.8, 4) is 0 Å². The van der Waals surface area contributed by atoms with E-state index in [1.165, 1.54) is 0 Å². The van der Waals surface area contributed by atoms with E-state index in [1.807, 2.05) is 0 Å². The number of hydrogen-bond donors (Lipinski definition) is 1. The van der Waals surface area contributed by atoms with Crippen LogP contribution in [0.25, 0.3) is 0 Å². The van der Waals surface area contributed by atoms with E-state index in [0.29, 0.717) is 5.56 Å². The molecule has 0 aliphatic rings. The molecule has 0 amide bonds. The molecule has 0 fully saturated rings. The summed E-state index contributed by atoms with van der Waals surface area (Å²) in [5, 5.41) is 20.0. The van der Waals surface area contributed by atoms with Crippen LogP contribution in [0.3, 0.4) is 0 Å². The van der Waals surface area contributed by atoms with Crippen molar-refractivity contribution in [2.24, 2.45) is 0 Å². The molecule has 0 radical (unpaired) electrons. The summed E-state index contributed by atoms with van der Waals surface area (Å²) in [6, 6.07) is 8.58. The quantitative estimate of drug-likeness (QED) is 0.608. The Morgan fingerprint density at radius 2 is 2.00 bits per heavy atom. The topological polar surface area (TPSA) is 80.4 Å². The summed E-state index contributed by atoms with van der Waals surface area (Å²) in [4.78, 5) is 21.5. The molecule has 0 aliphatic heterocycles. The molecule has 0 spiro atoms. The highest BCUT2D eigenvalue weighted by atomic mass is 16.6. The lowest BCUT2D eigenvalue weighted by Gasteiger charge is -2.23. The lowest BCUT2D eigenvalue weighted by molar-refractivity contribution is -0.581. The number of aliphatic carboxylic acids is 1. The van der Waals surface area contributed by atoms with Gasteiger partial charge >= 0.3 is 5.97 Å². The van der Waals surface area contributed by atoms with Gasteiger partial charge in [0.15, 0.2) is 0 Å². The summed E-state index contributed by atoms with van der Waals surface area (Å²) in [7, 11) is 0. The van der Waals surface area contributed by atoms with Crippen molar-refractivity contribution in [2.75, 3.05) is 0 Å². The minimum Gasteiger partial charge on any atom is -0.481 e. The largest absolute Gasteiger partial charge is 0.481 e. The van der Waals surface area contributed by atoms with Crippen LogP contribution in [0.1, 0.15) is 31.7 Å². The van der Waals surface area contributed by atoms with Gasteiger partial charge in [-0.3, -0.25) is 14.9 Å². The SMILES string of the molecule is CCC(CCC(=O)O)(c1ccccc1)[N+](=O)[O-]. The van der Waals surface area contributed by atoms with Crippen LogP contribution in [0.15, 0.2) is 30.3 Å². The molecule has 1 unspecified atom stereocenters. The van der Waals surface area contributed by atoms with Gasteiger partial charge in [0.25, 0.3) is 0 Å². The highest BCUT2D eigenvalue weighted by molar-refractivity contribution is 5.66. The van der Waals surface area contributed by atoms with Crippen molar-refractivity contribution in [3.63, 3.8) is 0 Å². The maximum absolute atomic E-state index is 11.3. The molecule has 5 heteroatoms. The lowest BCUT2D eigenvalue weighted by Crippen LogP contribution is -2.35. The van der Waals surface area contributed by atoms with E-state index >= 15 is 0 Å². The summed E-state index contributed by atoms with van der Waals surface area (Å²) in [5.41, 5.74) is -0.728. The maximum atomic E-state index is 11.3. The standard InChI is InChI=1S/C12H15NO4/c1-2-12(13(16)17,9-8-11(14)15)10-6-4-3-5-7-10/h3-7H,2,8-9H2,1H3,(H,14,15). The first-order valence-electron chi connectivity index (χ1n) is 5.44. The van der Waals surface area contributed by atoms with E-state index in [-0.39, 0.29) is 24.2 Å². The Balaban J connectivity index is 3.09. The molecule has 92 valence electrons. The van der Waals surface area contributed by atoms with Crippen LogP contribution in [0, 0.1) is 10.1 Å². The molecule has 1 aromatic rings. The van der Waals surface area contributed by atoms with Gasteiger partial charge in [-0.15, -0.1) is 0 Å². The maximum Gasteiger partial charge on any atom is 0.303 e. The first-order chi connectivity index (χ1) is 8.03. The molecular formula is C12H15NO4. The van der Waals surface area contributed by atoms with Crippen molar-refractivity contribution < 1.29 is 14.8 Å². The van der Waals surface area contributed by atoms with Gasteiger partial charge in [0, 0.05) is 23.3 Å². The first-order valence-corrected chi connectivity index (χ1v) is 5.44. The molecule has 1 atom stereocenters. The number of hydrogen-bond acceptors (Lipinski definition) is 3. The number of carboxylic acid groups (broad SMARTS) is 1. The molecular weight excluding hydrogens is 222 g/mol. The molecule has 1 N–H and O–H groups in total. The number of nitrogens with zero attached hydrogens (tertiary/aromatic N) is 1. The number of nitro groups is 1. The summed E-state index contributed by atoms with van der Waals surface area (Å²) >= 11 is 0. The smallest absolute Gasteiger partial charge is 0.303 e. The zero-order valence-electron chi connectivity index (χ0n) is 9.63. The monoisotopic (exact) mass is 237 g/mol. The van der Waals surface area contributed by atoms with Crippen molar-refractivity contribution in [2.45, 2.75) is 31.7 Å². The average molecular weight is 237 g/mol. The van der Waals surface area contributed by atoms with Gasteiger partial charge in [-0.25, -0.2) is 0 Å². The van der Waals surface area contributed by atoms with E-state index in [1.54, 1.807) is 37.3 Å². The molecule has 0 heterocycles. The van der Waals surface area contributed by atoms with Gasteiger partial charge in [0.05, 0.1) is 6.42 Å². The Bertz CT molecular complexity index is 404.